The van der Waals surface area contributed by atoms with Gasteiger partial charge in [-0.15, -0.1) is 0 Å². The van der Waals surface area contributed by atoms with E-state index < -0.39 is 5.92 Å². The summed E-state index contributed by atoms with van der Waals surface area (Å²) in [5.41, 5.74) is 1.62. The van der Waals surface area contributed by atoms with Crippen molar-refractivity contribution in [3.63, 3.8) is 0 Å². The van der Waals surface area contributed by atoms with Crippen molar-refractivity contribution in [1.29, 1.82) is 0 Å². The largest absolute Gasteiger partial charge is 0.497 e. The van der Waals surface area contributed by atoms with Crippen molar-refractivity contribution in [1.82, 2.24) is 0 Å². The van der Waals surface area contributed by atoms with Crippen LogP contribution in [0.15, 0.2) is 18.2 Å². The van der Waals surface area contributed by atoms with Gasteiger partial charge in [0.05, 0.1) is 7.11 Å². The third-order valence-corrected chi connectivity index (χ3v) is 5.08. The van der Waals surface area contributed by atoms with E-state index in [1.807, 2.05) is 25.1 Å². The molecular weight excluding hydrogens is 280 g/mol. The van der Waals surface area contributed by atoms with Crippen molar-refractivity contribution in [2.24, 2.45) is 5.41 Å². The van der Waals surface area contributed by atoms with Crippen molar-refractivity contribution < 1.29 is 19.1 Å². The molecule has 1 spiro atoms. The Hall–Kier alpha value is -1.68. The molecule has 0 radical (unpaired) electrons. The zero-order valence-electron chi connectivity index (χ0n) is 13.2. The molecule has 0 bridgehead atoms. The summed E-state index contributed by atoms with van der Waals surface area (Å²) in [6.45, 7) is 3.25. The van der Waals surface area contributed by atoms with Crippen LogP contribution in [0.2, 0.25) is 0 Å². The molecule has 1 heterocycles. The number of ketones is 2. The van der Waals surface area contributed by atoms with Gasteiger partial charge in [0.25, 0.3) is 0 Å². The molecule has 2 aliphatic rings. The van der Waals surface area contributed by atoms with Gasteiger partial charge in [-0.1, -0.05) is 6.07 Å². The molecule has 1 aromatic rings. The zero-order valence-corrected chi connectivity index (χ0v) is 13.2. The van der Waals surface area contributed by atoms with Gasteiger partial charge in [0.15, 0.2) is 0 Å². The van der Waals surface area contributed by atoms with E-state index >= 15 is 0 Å². The highest BCUT2D eigenvalue weighted by atomic mass is 16.5. The average Bonchev–Trinajstić information content (AvgIpc) is 2.48. The van der Waals surface area contributed by atoms with E-state index in [2.05, 4.69) is 0 Å². The highest BCUT2D eigenvalue weighted by Crippen LogP contribution is 2.45. The van der Waals surface area contributed by atoms with Gasteiger partial charge in [0, 0.05) is 26.1 Å². The second-order valence-corrected chi connectivity index (χ2v) is 6.55. The fourth-order valence-electron chi connectivity index (χ4n) is 3.79. The molecule has 0 aromatic heterocycles. The third kappa shape index (κ3) is 2.68. The van der Waals surface area contributed by atoms with Crippen LogP contribution in [-0.4, -0.2) is 31.9 Å². The molecule has 0 atom stereocenters. The van der Waals surface area contributed by atoms with E-state index in [4.69, 9.17) is 9.47 Å². The van der Waals surface area contributed by atoms with Crippen molar-refractivity contribution in [2.75, 3.05) is 20.3 Å². The molecule has 1 aromatic carbocycles. The first-order valence-electron chi connectivity index (χ1n) is 7.82. The molecule has 118 valence electrons. The molecule has 1 saturated carbocycles. The number of methoxy groups -OCH3 is 1. The first-order valence-corrected chi connectivity index (χ1v) is 7.82. The maximum Gasteiger partial charge on any atom is 0.148 e. The van der Waals surface area contributed by atoms with E-state index in [9.17, 15) is 9.59 Å². The molecule has 0 amide bonds. The number of hydrogen-bond donors (Lipinski definition) is 0. The van der Waals surface area contributed by atoms with Crippen molar-refractivity contribution >= 4 is 11.6 Å². The Labute approximate surface area is 130 Å². The normalized spacial score (nSPS) is 22.1. The molecular formula is C18H22O4. The summed E-state index contributed by atoms with van der Waals surface area (Å²) < 4.78 is 10.6. The van der Waals surface area contributed by atoms with E-state index in [1.54, 1.807) is 7.11 Å². The number of hydrogen-bond acceptors (Lipinski definition) is 4. The molecule has 4 heteroatoms. The Balaban J connectivity index is 1.87. The van der Waals surface area contributed by atoms with Crippen LogP contribution in [0.1, 0.15) is 42.7 Å². The quantitative estimate of drug-likeness (QED) is 0.788. The first-order chi connectivity index (χ1) is 10.5. The minimum Gasteiger partial charge on any atom is -0.497 e. The minimum atomic E-state index is -0.598. The maximum atomic E-state index is 12.7. The third-order valence-electron chi connectivity index (χ3n) is 5.08. The molecule has 1 aliphatic carbocycles. The van der Waals surface area contributed by atoms with Gasteiger partial charge in [0.2, 0.25) is 0 Å². The van der Waals surface area contributed by atoms with Gasteiger partial charge in [-0.2, -0.15) is 0 Å². The summed E-state index contributed by atoms with van der Waals surface area (Å²) in [4.78, 5) is 25.4. The predicted molar refractivity (Wildman–Crippen MR) is 82.2 cm³/mol. The topological polar surface area (TPSA) is 52.6 Å². The van der Waals surface area contributed by atoms with Crippen LogP contribution in [0.4, 0.5) is 0 Å². The summed E-state index contributed by atoms with van der Waals surface area (Å²) in [5.74, 6) is 0.273. The Kier molecular flexibility index (Phi) is 4.04. The lowest BCUT2D eigenvalue weighted by molar-refractivity contribution is -0.139. The van der Waals surface area contributed by atoms with Gasteiger partial charge in [-0.3, -0.25) is 9.59 Å². The van der Waals surface area contributed by atoms with Crippen LogP contribution < -0.4 is 4.74 Å². The highest BCUT2D eigenvalue weighted by molar-refractivity contribution is 6.10. The number of aryl methyl sites for hydroxylation is 1. The van der Waals surface area contributed by atoms with E-state index in [0.717, 1.165) is 29.7 Å². The average molecular weight is 302 g/mol. The van der Waals surface area contributed by atoms with Crippen LogP contribution in [0.3, 0.4) is 0 Å². The van der Waals surface area contributed by atoms with Crippen LogP contribution >= 0.6 is 0 Å². The summed E-state index contributed by atoms with van der Waals surface area (Å²) in [7, 11) is 1.61. The summed E-state index contributed by atoms with van der Waals surface area (Å²) in [6.07, 6.45) is 2.63. The van der Waals surface area contributed by atoms with E-state index in [0.29, 0.717) is 26.1 Å². The number of benzene rings is 1. The second-order valence-electron chi connectivity index (χ2n) is 6.55. The van der Waals surface area contributed by atoms with Crippen molar-refractivity contribution in [2.45, 2.75) is 38.5 Å². The Morgan fingerprint density at radius 2 is 1.77 bits per heavy atom. The Bertz CT molecular complexity index is 579. The van der Waals surface area contributed by atoms with Crippen LogP contribution in [0.25, 0.3) is 0 Å². The number of ether oxygens (including phenoxy) is 2. The SMILES string of the molecule is COc1ccc(C2C(=O)CC3(CCOCC3)CC2=O)c(C)c1. The van der Waals surface area contributed by atoms with E-state index in [-0.39, 0.29) is 17.0 Å². The zero-order chi connectivity index (χ0) is 15.7. The fraction of sp³-hybridized carbons (Fsp3) is 0.556. The summed E-state index contributed by atoms with van der Waals surface area (Å²) in [5, 5.41) is 0. The molecule has 1 saturated heterocycles. The highest BCUT2D eigenvalue weighted by Gasteiger charge is 2.46. The van der Waals surface area contributed by atoms with Gasteiger partial charge >= 0.3 is 0 Å². The van der Waals surface area contributed by atoms with Crippen LogP contribution in [0, 0.1) is 12.3 Å². The van der Waals surface area contributed by atoms with Crippen LogP contribution in [0.5, 0.6) is 5.75 Å². The Morgan fingerprint density at radius 3 is 2.32 bits per heavy atom. The molecule has 1 aliphatic heterocycles. The van der Waals surface area contributed by atoms with Gasteiger partial charge < -0.3 is 9.47 Å². The van der Waals surface area contributed by atoms with Gasteiger partial charge in [-0.05, 0) is 48.4 Å². The standard InChI is InChI=1S/C18H22O4/c1-12-9-13(21-2)3-4-14(12)17-15(19)10-18(11-16(17)20)5-7-22-8-6-18/h3-4,9,17H,5-8,10-11H2,1-2H3. The fourth-order valence-corrected chi connectivity index (χ4v) is 3.79. The lowest BCUT2D eigenvalue weighted by Gasteiger charge is -2.41. The number of rotatable bonds is 2. The molecule has 0 N–H and O–H groups in total. The monoisotopic (exact) mass is 302 g/mol. The number of carbonyl (C=O) groups excluding carboxylic acids is 2. The molecule has 22 heavy (non-hydrogen) atoms. The molecule has 4 nitrogen and oxygen atoms in total. The molecule has 2 fully saturated rings. The van der Waals surface area contributed by atoms with Crippen LogP contribution in [-0.2, 0) is 14.3 Å². The van der Waals surface area contributed by atoms with Gasteiger partial charge in [0.1, 0.15) is 23.2 Å². The van der Waals surface area contributed by atoms with E-state index in [1.165, 1.54) is 0 Å². The minimum absolute atomic E-state index is 0.0615. The van der Waals surface area contributed by atoms with Crippen molar-refractivity contribution in [3.05, 3.63) is 29.3 Å². The summed E-state index contributed by atoms with van der Waals surface area (Å²) in [6, 6.07) is 5.56. The number of Topliss-reactive ketones (excluding diaryl/α,β-unsaturated/α-hetero) is 2. The maximum absolute atomic E-state index is 12.7. The molecule has 0 unspecified atom stereocenters. The lowest BCUT2D eigenvalue weighted by atomic mass is 9.64. The molecule has 3 rings (SSSR count). The Morgan fingerprint density at radius 1 is 1.14 bits per heavy atom. The first kappa shape index (κ1) is 15.2. The smallest absolute Gasteiger partial charge is 0.148 e. The van der Waals surface area contributed by atoms with Crippen molar-refractivity contribution in [3.8, 4) is 5.75 Å². The predicted octanol–water partition coefficient (Wildman–Crippen LogP) is 2.82. The second kappa shape index (κ2) is 5.84. The summed E-state index contributed by atoms with van der Waals surface area (Å²) >= 11 is 0. The lowest BCUT2D eigenvalue weighted by Crippen LogP contribution is -2.42. The number of carbonyl (C=O) groups is 2. The van der Waals surface area contributed by atoms with Gasteiger partial charge in [-0.25, -0.2) is 0 Å².